The van der Waals surface area contributed by atoms with Gasteiger partial charge in [0.05, 0.1) is 25.2 Å². The summed E-state index contributed by atoms with van der Waals surface area (Å²) in [6.45, 7) is 0.127. The number of aromatic nitrogens is 5. The van der Waals surface area contributed by atoms with Crippen LogP contribution in [0.5, 0.6) is 0 Å². The third kappa shape index (κ3) is 2.60. The molecule has 0 radical (unpaired) electrons. The van der Waals surface area contributed by atoms with Gasteiger partial charge < -0.3 is 24.6 Å². The smallest absolute Gasteiger partial charge is 0.165 e. The lowest BCUT2D eigenvalue weighted by Crippen LogP contribution is -2.33. The molecule has 9 nitrogen and oxygen atoms in total. The zero-order chi connectivity index (χ0) is 19.3. The number of aliphatic hydroxyl groups excluding tert-OH is 3. The highest BCUT2D eigenvalue weighted by Gasteiger charge is 2.44. The minimum absolute atomic E-state index is 0.387. The van der Waals surface area contributed by atoms with Gasteiger partial charge in [-0.3, -0.25) is 4.57 Å². The van der Waals surface area contributed by atoms with E-state index in [0.717, 1.165) is 16.6 Å². The summed E-state index contributed by atoms with van der Waals surface area (Å²) in [5.41, 5.74) is 2.92. The minimum Gasteiger partial charge on any atom is -0.394 e. The third-order valence-corrected chi connectivity index (χ3v) is 5.23. The van der Waals surface area contributed by atoms with Crippen molar-refractivity contribution in [3.8, 4) is 0 Å². The Morgan fingerprint density at radius 3 is 2.71 bits per heavy atom. The van der Waals surface area contributed by atoms with E-state index in [9.17, 15) is 15.3 Å². The van der Waals surface area contributed by atoms with E-state index in [-0.39, 0.29) is 6.61 Å². The van der Waals surface area contributed by atoms with Crippen molar-refractivity contribution in [3.05, 3.63) is 54.9 Å². The monoisotopic (exact) mass is 381 g/mol. The molecule has 4 aromatic rings. The van der Waals surface area contributed by atoms with Crippen LogP contribution in [0.25, 0.3) is 22.1 Å². The van der Waals surface area contributed by atoms with E-state index in [1.165, 1.54) is 12.7 Å². The predicted molar refractivity (Wildman–Crippen MR) is 99.4 cm³/mol. The molecule has 0 aliphatic carbocycles. The second-order valence-corrected chi connectivity index (χ2v) is 6.88. The highest BCUT2D eigenvalue weighted by atomic mass is 16.6. The molecule has 0 spiro atoms. The molecule has 5 rings (SSSR count). The Kier molecular flexibility index (Phi) is 4.09. The summed E-state index contributed by atoms with van der Waals surface area (Å²) in [5.74, 6) is 0. The molecule has 1 aliphatic rings. The van der Waals surface area contributed by atoms with Gasteiger partial charge in [-0.1, -0.05) is 18.2 Å². The van der Waals surface area contributed by atoms with Crippen LogP contribution in [0.15, 0.2) is 49.2 Å². The molecule has 1 aromatic carbocycles. The Morgan fingerprint density at radius 1 is 1.04 bits per heavy atom. The van der Waals surface area contributed by atoms with Gasteiger partial charge in [-0.25, -0.2) is 15.0 Å². The molecule has 144 valence electrons. The zero-order valence-electron chi connectivity index (χ0n) is 14.8. The molecule has 0 amide bonds. The van der Waals surface area contributed by atoms with Gasteiger partial charge in [0.25, 0.3) is 0 Å². The molecular formula is C19H19N5O4. The lowest BCUT2D eigenvalue weighted by Gasteiger charge is -2.16. The molecule has 1 fully saturated rings. The largest absolute Gasteiger partial charge is 0.394 e. The first-order valence-electron chi connectivity index (χ1n) is 9.00. The number of hydrogen-bond donors (Lipinski definition) is 3. The summed E-state index contributed by atoms with van der Waals surface area (Å²) < 4.78 is 9.25. The molecule has 28 heavy (non-hydrogen) atoms. The van der Waals surface area contributed by atoms with Crippen molar-refractivity contribution in [1.82, 2.24) is 24.1 Å². The topological polar surface area (TPSA) is 118 Å². The lowest BCUT2D eigenvalue weighted by atomic mass is 10.1. The Labute approximate surface area is 159 Å². The molecular weight excluding hydrogens is 362 g/mol. The van der Waals surface area contributed by atoms with E-state index in [1.54, 1.807) is 4.57 Å². The maximum atomic E-state index is 10.3. The van der Waals surface area contributed by atoms with E-state index in [0.29, 0.717) is 17.7 Å². The van der Waals surface area contributed by atoms with Gasteiger partial charge in [-0.2, -0.15) is 0 Å². The van der Waals surface area contributed by atoms with E-state index in [4.69, 9.17) is 4.74 Å². The average molecular weight is 381 g/mol. The van der Waals surface area contributed by atoms with Gasteiger partial charge in [-0.05, 0) is 17.5 Å². The first-order chi connectivity index (χ1) is 13.7. The zero-order valence-corrected chi connectivity index (χ0v) is 14.8. The highest BCUT2D eigenvalue weighted by Crippen LogP contribution is 2.31. The molecule has 1 aliphatic heterocycles. The highest BCUT2D eigenvalue weighted by molar-refractivity contribution is 5.80. The third-order valence-electron chi connectivity index (χ3n) is 5.23. The Balaban J connectivity index is 1.53. The first kappa shape index (κ1) is 17.3. The predicted octanol–water partition coefficient (Wildman–Crippen LogP) is 0.441. The molecule has 4 atom stereocenters. The first-order valence-corrected chi connectivity index (χ1v) is 9.00. The van der Waals surface area contributed by atoms with Crippen LogP contribution < -0.4 is 0 Å². The van der Waals surface area contributed by atoms with E-state index in [2.05, 4.69) is 25.6 Å². The molecule has 4 heterocycles. The maximum absolute atomic E-state index is 10.3. The molecule has 0 bridgehead atoms. The van der Waals surface area contributed by atoms with E-state index in [1.807, 2.05) is 30.5 Å². The fourth-order valence-electron chi connectivity index (χ4n) is 3.75. The number of imidazole rings is 1. The van der Waals surface area contributed by atoms with Crippen LogP contribution in [0.2, 0.25) is 0 Å². The van der Waals surface area contributed by atoms with Crippen molar-refractivity contribution in [2.45, 2.75) is 31.1 Å². The van der Waals surface area contributed by atoms with Crippen LogP contribution in [0, 0.1) is 0 Å². The van der Waals surface area contributed by atoms with Crippen LogP contribution in [0.4, 0.5) is 0 Å². The lowest BCUT2D eigenvalue weighted by molar-refractivity contribution is -0.0511. The van der Waals surface area contributed by atoms with E-state index < -0.39 is 24.5 Å². The summed E-state index contributed by atoms with van der Waals surface area (Å²) in [6, 6.07) is 10.1. The number of para-hydroxylation sites is 1. The van der Waals surface area contributed by atoms with Gasteiger partial charge in [0, 0.05) is 11.7 Å². The number of nitrogens with zero attached hydrogens (tertiary/aromatic N) is 5. The van der Waals surface area contributed by atoms with Crippen molar-refractivity contribution in [1.29, 1.82) is 0 Å². The average Bonchev–Trinajstić information content (AvgIpc) is 3.40. The minimum atomic E-state index is -1.19. The standard InChI is InChI=1S/C19H19N5O4/c25-8-14-16(26)17(27)19(28-14)24-10-22-15-12(20-9-21-18(15)24)7-23-6-5-11-3-1-2-4-13(11)23/h1-6,9-10,14,16-17,19,25-27H,7-8H2/t14-,16-,17-,19-/m1/s1. The van der Waals surface area contributed by atoms with Crippen molar-refractivity contribution in [2.75, 3.05) is 6.61 Å². The SMILES string of the molecule is OC[C@H]1O[C@@H](n2cnc3c(Cn4ccc5ccccc54)ncnc32)[C@H](O)[C@@H]1O. The fourth-order valence-corrected chi connectivity index (χ4v) is 3.75. The summed E-state index contributed by atoms with van der Waals surface area (Å²) in [5, 5.41) is 30.8. The Bertz CT molecular complexity index is 1140. The number of fused-ring (bicyclic) bond motifs is 2. The van der Waals surface area contributed by atoms with Crippen LogP contribution in [0.3, 0.4) is 0 Å². The summed E-state index contributed by atoms with van der Waals surface area (Å²) in [4.78, 5) is 13.1. The normalized spacial score (nSPS) is 25.1. The van der Waals surface area contributed by atoms with Gasteiger partial charge in [0.2, 0.25) is 0 Å². The Morgan fingerprint density at radius 2 is 1.89 bits per heavy atom. The maximum Gasteiger partial charge on any atom is 0.165 e. The molecule has 3 aromatic heterocycles. The molecule has 0 saturated carbocycles. The van der Waals surface area contributed by atoms with Gasteiger partial charge in [0.1, 0.15) is 30.2 Å². The molecule has 9 heteroatoms. The Hall–Kier alpha value is -2.85. The second kappa shape index (κ2) is 6.64. The molecule has 3 N–H and O–H groups in total. The number of hydrogen-bond acceptors (Lipinski definition) is 7. The van der Waals surface area contributed by atoms with Crippen molar-refractivity contribution in [3.63, 3.8) is 0 Å². The fraction of sp³-hybridized carbons (Fsp3) is 0.316. The summed E-state index contributed by atoms with van der Waals surface area (Å²) in [6.07, 6.45) is 0.847. The van der Waals surface area contributed by atoms with Gasteiger partial charge >= 0.3 is 0 Å². The quantitative estimate of drug-likeness (QED) is 0.469. The number of benzene rings is 1. The van der Waals surface area contributed by atoms with Crippen LogP contribution in [0.1, 0.15) is 11.9 Å². The van der Waals surface area contributed by atoms with Gasteiger partial charge in [-0.15, -0.1) is 0 Å². The second-order valence-electron chi connectivity index (χ2n) is 6.88. The summed E-state index contributed by atoms with van der Waals surface area (Å²) in [7, 11) is 0. The molecule has 1 saturated heterocycles. The van der Waals surface area contributed by atoms with E-state index >= 15 is 0 Å². The van der Waals surface area contributed by atoms with Crippen molar-refractivity contribution in [2.24, 2.45) is 0 Å². The number of ether oxygens (including phenoxy) is 1. The van der Waals surface area contributed by atoms with Crippen molar-refractivity contribution >= 4 is 22.1 Å². The number of rotatable bonds is 4. The van der Waals surface area contributed by atoms with Crippen molar-refractivity contribution < 1.29 is 20.1 Å². The van der Waals surface area contributed by atoms with Crippen LogP contribution in [-0.4, -0.2) is 64.3 Å². The number of aliphatic hydroxyl groups is 3. The summed E-state index contributed by atoms with van der Waals surface area (Å²) >= 11 is 0. The van der Waals surface area contributed by atoms with Crippen LogP contribution >= 0.6 is 0 Å². The van der Waals surface area contributed by atoms with Crippen LogP contribution in [-0.2, 0) is 11.3 Å². The van der Waals surface area contributed by atoms with Gasteiger partial charge in [0.15, 0.2) is 11.9 Å². The molecule has 0 unspecified atom stereocenters.